The number of amides is 2. The first-order valence-electron chi connectivity index (χ1n) is 15.5. The minimum absolute atomic E-state index is 0.00195. The number of anilines is 1. The number of hydrogen-bond acceptors (Lipinski definition) is 5. The third-order valence-corrected chi connectivity index (χ3v) is 10.8. The molecule has 0 radical (unpaired) electrons. The van der Waals surface area contributed by atoms with Crippen LogP contribution in [0, 0.1) is 0 Å². The first kappa shape index (κ1) is 34.3. The molecule has 1 aliphatic rings. The Labute approximate surface area is 286 Å². The van der Waals surface area contributed by atoms with Crippen molar-refractivity contribution in [2.45, 2.75) is 55.6 Å². The summed E-state index contributed by atoms with van der Waals surface area (Å²) in [4.78, 5) is 30.2. The lowest BCUT2D eigenvalue weighted by atomic mass is 10.0. The van der Waals surface area contributed by atoms with Crippen LogP contribution >= 0.6 is 23.2 Å². The summed E-state index contributed by atoms with van der Waals surface area (Å²) in [6, 6.07) is 27.8. The number of nitrogens with one attached hydrogen (secondary N) is 1. The zero-order chi connectivity index (χ0) is 33.4. The maximum Gasteiger partial charge on any atom is 0.264 e. The summed E-state index contributed by atoms with van der Waals surface area (Å²) in [6.07, 6.45) is 3.94. The van der Waals surface area contributed by atoms with Crippen LogP contribution in [0.5, 0.6) is 5.75 Å². The number of nitrogens with zero attached hydrogens (tertiary/aromatic N) is 2. The lowest BCUT2D eigenvalue weighted by Crippen LogP contribution is -2.54. The van der Waals surface area contributed by atoms with Gasteiger partial charge in [-0.15, -0.1) is 0 Å². The van der Waals surface area contributed by atoms with Crippen molar-refractivity contribution in [3.8, 4) is 5.75 Å². The van der Waals surface area contributed by atoms with Gasteiger partial charge < -0.3 is 15.0 Å². The number of carbonyl (C=O) groups excluding carboxylic acids is 2. The molecule has 2 amide bonds. The first-order valence-corrected chi connectivity index (χ1v) is 17.7. The summed E-state index contributed by atoms with van der Waals surface area (Å²) in [5.41, 5.74) is 1.59. The van der Waals surface area contributed by atoms with E-state index in [4.69, 9.17) is 27.9 Å². The van der Waals surface area contributed by atoms with Gasteiger partial charge in [-0.25, -0.2) is 8.42 Å². The molecule has 1 atom stereocenters. The average molecular weight is 695 g/mol. The number of rotatable bonds is 13. The molecule has 0 aromatic heterocycles. The maximum absolute atomic E-state index is 14.6. The van der Waals surface area contributed by atoms with E-state index in [1.807, 2.05) is 30.3 Å². The van der Waals surface area contributed by atoms with Gasteiger partial charge in [0.25, 0.3) is 10.0 Å². The van der Waals surface area contributed by atoms with Crippen molar-refractivity contribution in [1.82, 2.24) is 10.2 Å². The van der Waals surface area contributed by atoms with E-state index in [1.165, 1.54) is 24.1 Å². The van der Waals surface area contributed by atoms with Crippen LogP contribution in [0.15, 0.2) is 108 Å². The van der Waals surface area contributed by atoms with E-state index < -0.39 is 28.5 Å². The highest BCUT2D eigenvalue weighted by atomic mass is 35.5. The van der Waals surface area contributed by atoms with E-state index in [-0.39, 0.29) is 29.8 Å². The van der Waals surface area contributed by atoms with Crippen LogP contribution in [0.3, 0.4) is 0 Å². The molecule has 0 saturated heterocycles. The van der Waals surface area contributed by atoms with Crippen molar-refractivity contribution in [3.63, 3.8) is 0 Å². The van der Waals surface area contributed by atoms with Gasteiger partial charge in [0.15, 0.2) is 0 Å². The number of methoxy groups -OCH3 is 1. The van der Waals surface area contributed by atoms with Crippen LogP contribution in [0.1, 0.15) is 36.8 Å². The summed E-state index contributed by atoms with van der Waals surface area (Å²) < 4.78 is 34.6. The minimum atomic E-state index is -4.24. The highest BCUT2D eigenvalue weighted by Gasteiger charge is 2.36. The molecule has 0 bridgehead atoms. The molecule has 0 aliphatic heterocycles. The van der Waals surface area contributed by atoms with E-state index in [2.05, 4.69) is 5.32 Å². The van der Waals surface area contributed by atoms with Gasteiger partial charge in [-0.1, -0.05) is 90.6 Å². The Balaban J connectivity index is 1.57. The van der Waals surface area contributed by atoms with Gasteiger partial charge >= 0.3 is 0 Å². The fraction of sp³-hybridized carbons (Fsp3) is 0.278. The van der Waals surface area contributed by atoms with Crippen molar-refractivity contribution in [1.29, 1.82) is 0 Å². The Kier molecular flexibility index (Phi) is 11.4. The predicted octanol–water partition coefficient (Wildman–Crippen LogP) is 6.90. The van der Waals surface area contributed by atoms with E-state index in [9.17, 15) is 18.0 Å². The van der Waals surface area contributed by atoms with Crippen LogP contribution in [0.25, 0.3) is 0 Å². The molecule has 246 valence electrons. The number of para-hydroxylation sites is 1. The zero-order valence-electron chi connectivity index (χ0n) is 26.0. The van der Waals surface area contributed by atoms with Gasteiger partial charge in [0.1, 0.15) is 18.3 Å². The second-order valence-corrected chi connectivity index (χ2v) is 14.1. The summed E-state index contributed by atoms with van der Waals surface area (Å²) in [7, 11) is -2.75. The van der Waals surface area contributed by atoms with Crippen molar-refractivity contribution < 1.29 is 22.7 Å². The lowest BCUT2D eigenvalue weighted by molar-refractivity contribution is -0.140. The molecule has 0 heterocycles. The quantitative estimate of drug-likeness (QED) is 0.164. The fourth-order valence-electron chi connectivity index (χ4n) is 5.77. The van der Waals surface area contributed by atoms with Crippen LogP contribution in [0.4, 0.5) is 5.69 Å². The molecule has 11 heteroatoms. The number of ether oxygens (including phenoxy) is 1. The third-order valence-electron chi connectivity index (χ3n) is 8.33. The van der Waals surface area contributed by atoms with E-state index in [0.717, 1.165) is 35.6 Å². The average Bonchev–Trinajstić information content (AvgIpc) is 3.60. The Bertz CT molecular complexity index is 1750. The molecule has 5 rings (SSSR count). The summed E-state index contributed by atoms with van der Waals surface area (Å²) >= 11 is 13.2. The molecule has 1 unspecified atom stereocenters. The molecule has 1 fully saturated rings. The molecule has 4 aromatic rings. The van der Waals surface area contributed by atoms with Gasteiger partial charge in [0.05, 0.1) is 17.7 Å². The van der Waals surface area contributed by atoms with Crippen molar-refractivity contribution in [3.05, 3.63) is 124 Å². The van der Waals surface area contributed by atoms with E-state index in [0.29, 0.717) is 27.0 Å². The Hall–Kier alpha value is -4.05. The van der Waals surface area contributed by atoms with Gasteiger partial charge in [0.2, 0.25) is 11.8 Å². The van der Waals surface area contributed by atoms with E-state index >= 15 is 0 Å². The molecule has 4 aromatic carbocycles. The summed E-state index contributed by atoms with van der Waals surface area (Å²) in [6.45, 7) is -0.694. The summed E-state index contributed by atoms with van der Waals surface area (Å²) in [5.74, 6) is -0.419. The standard InChI is InChI=1S/C36H37Cl2N3O5S/c1-46-29-19-21-30(22-20-29)47(44,45)41(28-15-6-3-7-16-28)25-35(42)40(24-31-32(37)17-10-18-33(31)38)34(23-26-11-4-2-5-12-26)36(43)39-27-13-8-9-14-27/h2-7,10-12,15-22,27,34H,8-9,13-14,23-25H2,1H3,(H,39,43). The van der Waals surface area contributed by atoms with Crippen molar-refractivity contribution in [2.24, 2.45) is 0 Å². The molecular formula is C36H37Cl2N3O5S. The second-order valence-electron chi connectivity index (χ2n) is 11.4. The van der Waals surface area contributed by atoms with Crippen LogP contribution in [-0.4, -0.2) is 50.9 Å². The number of carbonyl (C=O) groups is 2. The highest BCUT2D eigenvalue weighted by molar-refractivity contribution is 7.92. The smallest absolute Gasteiger partial charge is 0.264 e. The monoisotopic (exact) mass is 693 g/mol. The van der Waals surface area contributed by atoms with Gasteiger partial charge in [-0.05, 0) is 66.9 Å². The lowest BCUT2D eigenvalue weighted by Gasteiger charge is -2.34. The number of sulfonamides is 1. The highest BCUT2D eigenvalue weighted by Crippen LogP contribution is 2.30. The first-order chi connectivity index (χ1) is 22.7. The molecule has 1 N–H and O–H groups in total. The van der Waals surface area contributed by atoms with Gasteiger partial charge in [-0.2, -0.15) is 0 Å². The molecule has 47 heavy (non-hydrogen) atoms. The van der Waals surface area contributed by atoms with Crippen molar-refractivity contribution in [2.75, 3.05) is 18.0 Å². The Morgan fingerprint density at radius 2 is 1.45 bits per heavy atom. The normalized spacial score (nSPS) is 13.9. The van der Waals surface area contributed by atoms with Crippen LogP contribution in [0.2, 0.25) is 10.0 Å². The van der Waals surface area contributed by atoms with Crippen LogP contribution in [-0.2, 0) is 32.6 Å². The van der Waals surface area contributed by atoms with Gasteiger partial charge in [-0.3, -0.25) is 13.9 Å². The zero-order valence-corrected chi connectivity index (χ0v) is 28.3. The number of hydrogen-bond donors (Lipinski definition) is 1. The Morgan fingerprint density at radius 3 is 2.04 bits per heavy atom. The second kappa shape index (κ2) is 15.7. The summed E-state index contributed by atoms with van der Waals surface area (Å²) in [5, 5.41) is 3.82. The maximum atomic E-state index is 14.6. The third kappa shape index (κ3) is 8.46. The van der Waals surface area contributed by atoms with Gasteiger partial charge in [0, 0.05) is 34.6 Å². The van der Waals surface area contributed by atoms with Crippen molar-refractivity contribution >= 4 is 50.7 Å². The Morgan fingerprint density at radius 1 is 0.851 bits per heavy atom. The predicted molar refractivity (Wildman–Crippen MR) is 185 cm³/mol. The minimum Gasteiger partial charge on any atom is -0.497 e. The largest absolute Gasteiger partial charge is 0.497 e. The molecule has 1 aliphatic carbocycles. The fourth-order valence-corrected chi connectivity index (χ4v) is 7.70. The molecule has 1 saturated carbocycles. The topological polar surface area (TPSA) is 96.0 Å². The number of halogens is 2. The number of benzene rings is 4. The molecular weight excluding hydrogens is 657 g/mol. The molecule has 0 spiro atoms. The SMILES string of the molecule is COc1ccc(S(=O)(=O)N(CC(=O)N(Cc2c(Cl)cccc2Cl)C(Cc2ccccc2)C(=O)NC2CCCC2)c2ccccc2)cc1. The van der Waals surface area contributed by atoms with Crippen LogP contribution < -0.4 is 14.4 Å². The molecule has 8 nitrogen and oxygen atoms in total. The van der Waals surface area contributed by atoms with E-state index in [1.54, 1.807) is 60.7 Å².